The summed E-state index contributed by atoms with van der Waals surface area (Å²) >= 11 is 1.56. The molecule has 144 valence electrons. The van der Waals surface area contributed by atoms with Crippen molar-refractivity contribution >= 4 is 28.9 Å². The van der Waals surface area contributed by atoms with Crippen LogP contribution in [0, 0.1) is 0 Å². The third-order valence-corrected chi connectivity index (χ3v) is 5.55. The summed E-state index contributed by atoms with van der Waals surface area (Å²) < 4.78 is 4.75. The summed E-state index contributed by atoms with van der Waals surface area (Å²) in [5, 5.41) is 12.2. The molecule has 0 bridgehead atoms. The number of aromatic nitrogens is 1. The van der Waals surface area contributed by atoms with E-state index in [1.807, 2.05) is 19.1 Å². The second-order valence-corrected chi connectivity index (χ2v) is 7.41. The Bertz CT molecular complexity index is 982. The molecular formula is C21H20N2O4S. The smallest absolute Gasteiger partial charge is 0.339 e. The molecule has 2 aromatic heterocycles. The Balaban J connectivity index is 1.67. The molecule has 0 fully saturated rings. The molecule has 0 aliphatic heterocycles. The van der Waals surface area contributed by atoms with Gasteiger partial charge in [0.2, 0.25) is 5.91 Å². The maximum atomic E-state index is 12.5. The Morgan fingerprint density at radius 1 is 1.18 bits per heavy atom. The van der Waals surface area contributed by atoms with Crippen molar-refractivity contribution < 1.29 is 19.4 Å². The minimum Gasteiger partial charge on any atom is -0.506 e. The third kappa shape index (κ3) is 4.55. The molecule has 3 aromatic rings. The number of nitrogens with zero attached hydrogens (tertiary/aromatic N) is 1. The van der Waals surface area contributed by atoms with Crippen LogP contribution in [0.2, 0.25) is 0 Å². The van der Waals surface area contributed by atoms with Gasteiger partial charge < -0.3 is 15.2 Å². The standard InChI is InChI=1S/C21H20N2O4S/c1-13(18-9-10-19(28-18)17-8-7-14(24)12-22-17)11-20(25)23-16-6-4-3-5-15(16)21(26)27-2/h3-10,12-13,24H,11H2,1-2H3,(H,23,25). The number of hydrogen-bond acceptors (Lipinski definition) is 6. The predicted octanol–water partition coefficient (Wildman–Crippen LogP) is 4.43. The minimum absolute atomic E-state index is 0.00107. The van der Waals surface area contributed by atoms with Crippen LogP contribution in [0.4, 0.5) is 5.69 Å². The first kappa shape index (κ1) is 19.6. The number of aromatic hydroxyl groups is 1. The zero-order chi connectivity index (χ0) is 20.1. The third-order valence-electron chi connectivity index (χ3n) is 4.21. The SMILES string of the molecule is COC(=O)c1ccccc1NC(=O)CC(C)c1ccc(-c2ccc(O)cn2)s1. The van der Waals surface area contributed by atoms with Gasteiger partial charge in [-0.15, -0.1) is 11.3 Å². The summed E-state index contributed by atoms with van der Waals surface area (Å²) in [5.41, 5.74) is 1.53. The van der Waals surface area contributed by atoms with Crippen molar-refractivity contribution in [1.82, 2.24) is 4.98 Å². The second-order valence-electron chi connectivity index (χ2n) is 6.29. The molecule has 0 saturated heterocycles. The Kier molecular flexibility index (Phi) is 6.06. The van der Waals surface area contributed by atoms with E-state index in [0.717, 1.165) is 15.4 Å². The molecule has 1 atom stereocenters. The topological polar surface area (TPSA) is 88.5 Å². The lowest BCUT2D eigenvalue weighted by Crippen LogP contribution is -2.16. The second kappa shape index (κ2) is 8.67. The Morgan fingerprint density at radius 3 is 2.68 bits per heavy atom. The van der Waals surface area contributed by atoms with E-state index in [1.165, 1.54) is 13.3 Å². The number of hydrogen-bond donors (Lipinski definition) is 2. The summed E-state index contributed by atoms with van der Waals surface area (Å²) in [4.78, 5) is 30.5. The van der Waals surface area contributed by atoms with Gasteiger partial charge in [-0.2, -0.15) is 0 Å². The lowest BCUT2D eigenvalue weighted by atomic mass is 10.1. The van der Waals surface area contributed by atoms with Gasteiger partial charge in [-0.25, -0.2) is 4.79 Å². The fourth-order valence-electron chi connectivity index (χ4n) is 2.75. The predicted molar refractivity (Wildman–Crippen MR) is 109 cm³/mol. The number of rotatable bonds is 6. The molecule has 0 spiro atoms. The maximum Gasteiger partial charge on any atom is 0.339 e. The number of pyridine rings is 1. The molecule has 0 aliphatic rings. The average Bonchev–Trinajstić information content (AvgIpc) is 3.18. The number of carbonyl (C=O) groups is 2. The number of thiophene rings is 1. The highest BCUT2D eigenvalue weighted by Crippen LogP contribution is 2.33. The molecule has 0 saturated carbocycles. The highest BCUT2D eigenvalue weighted by atomic mass is 32.1. The minimum atomic E-state index is -0.492. The lowest BCUT2D eigenvalue weighted by Gasteiger charge is -2.12. The van der Waals surface area contributed by atoms with Crippen molar-refractivity contribution in [3.63, 3.8) is 0 Å². The van der Waals surface area contributed by atoms with E-state index in [0.29, 0.717) is 11.3 Å². The zero-order valence-corrected chi connectivity index (χ0v) is 16.3. The van der Waals surface area contributed by atoms with Crippen LogP contribution in [0.5, 0.6) is 5.75 Å². The van der Waals surface area contributed by atoms with Crippen molar-refractivity contribution in [2.24, 2.45) is 0 Å². The molecule has 28 heavy (non-hydrogen) atoms. The van der Waals surface area contributed by atoms with Crippen molar-refractivity contribution in [1.29, 1.82) is 0 Å². The number of carbonyl (C=O) groups excluding carboxylic acids is 2. The van der Waals surface area contributed by atoms with Gasteiger partial charge in [-0.1, -0.05) is 19.1 Å². The van der Waals surface area contributed by atoms with Gasteiger partial charge in [-0.05, 0) is 42.3 Å². The van der Waals surface area contributed by atoms with E-state index < -0.39 is 5.97 Å². The molecule has 2 heterocycles. The molecule has 2 N–H and O–H groups in total. The first-order chi connectivity index (χ1) is 13.5. The Labute approximate surface area is 166 Å². The van der Waals surface area contributed by atoms with Crippen molar-refractivity contribution in [2.75, 3.05) is 12.4 Å². The Hall–Kier alpha value is -3.19. The number of benzene rings is 1. The molecule has 1 unspecified atom stereocenters. The highest BCUT2D eigenvalue weighted by Gasteiger charge is 2.17. The first-order valence-corrected chi connectivity index (χ1v) is 9.52. The summed E-state index contributed by atoms with van der Waals surface area (Å²) in [6, 6.07) is 14.0. The van der Waals surface area contributed by atoms with E-state index >= 15 is 0 Å². The van der Waals surface area contributed by atoms with Gasteiger partial charge in [0.1, 0.15) is 5.75 Å². The molecule has 7 heteroatoms. The number of ether oxygens (including phenoxy) is 1. The molecule has 1 aromatic carbocycles. The number of nitrogens with one attached hydrogen (secondary N) is 1. The fraction of sp³-hybridized carbons (Fsp3) is 0.190. The number of para-hydroxylation sites is 1. The monoisotopic (exact) mass is 396 g/mol. The van der Waals surface area contributed by atoms with E-state index in [4.69, 9.17) is 4.74 Å². The van der Waals surface area contributed by atoms with Crippen LogP contribution in [0.1, 0.15) is 34.5 Å². The average molecular weight is 396 g/mol. The highest BCUT2D eigenvalue weighted by molar-refractivity contribution is 7.15. The van der Waals surface area contributed by atoms with Gasteiger partial charge in [0.15, 0.2) is 0 Å². The van der Waals surface area contributed by atoms with E-state index in [-0.39, 0.29) is 24.0 Å². The van der Waals surface area contributed by atoms with Crippen LogP contribution in [-0.4, -0.2) is 29.1 Å². The quantitative estimate of drug-likeness (QED) is 0.602. The van der Waals surface area contributed by atoms with Gasteiger partial charge >= 0.3 is 5.97 Å². The van der Waals surface area contributed by atoms with Crippen molar-refractivity contribution in [3.05, 3.63) is 65.2 Å². The van der Waals surface area contributed by atoms with Crippen LogP contribution in [-0.2, 0) is 9.53 Å². The summed E-state index contributed by atoms with van der Waals surface area (Å²) in [6.45, 7) is 1.98. The number of methoxy groups -OCH3 is 1. The first-order valence-electron chi connectivity index (χ1n) is 8.70. The van der Waals surface area contributed by atoms with Crippen molar-refractivity contribution in [2.45, 2.75) is 19.3 Å². The summed E-state index contributed by atoms with van der Waals surface area (Å²) in [6.07, 6.45) is 1.68. The van der Waals surface area contributed by atoms with Crippen LogP contribution in [0.25, 0.3) is 10.6 Å². The lowest BCUT2D eigenvalue weighted by molar-refractivity contribution is -0.116. The largest absolute Gasteiger partial charge is 0.506 e. The molecule has 1 amide bonds. The molecule has 0 aliphatic carbocycles. The number of anilines is 1. The van der Waals surface area contributed by atoms with Crippen molar-refractivity contribution in [3.8, 4) is 16.3 Å². The van der Waals surface area contributed by atoms with Crippen LogP contribution in [0.15, 0.2) is 54.7 Å². The fourth-order valence-corrected chi connectivity index (χ4v) is 3.78. The van der Waals surface area contributed by atoms with Gasteiger partial charge in [-0.3, -0.25) is 9.78 Å². The van der Waals surface area contributed by atoms with Gasteiger partial charge in [0.25, 0.3) is 0 Å². The molecule has 3 rings (SSSR count). The molecular weight excluding hydrogens is 376 g/mol. The van der Waals surface area contributed by atoms with Gasteiger partial charge in [0, 0.05) is 11.3 Å². The van der Waals surface area contributed by atoms with E-state index in [2.05, 4.69) is 10.3 Å². The number of amides is 1. The number of esters is 1. The maximum absolute atomic E-state index is 12.5. The zero-order valence-electron chi connectivity index (χ0n) is 15.5. The van der Waals surface area contributed by atoms with E-state index in [9.17, 15) is 14.7 Å². The van der Waals surface area contributed by atoms with Crippen LogP contribution < -0.4 is 5.32 Å². The normalized spacial score (nSPS) is 11.6. The molecule has 0 radical (unpaired) electrons. The van der Waals surface area contributed by atoms with Crippen LogP contribution in [0.3, 0.4) is 0 Å². The summed E-state index contributed by atoms with van der Waals surface area (Å²) in [7, 11) is 1.31. The van der Waals surface area contributed by atoms with E-state index in [1.54, 1.807) is 47.7 Å². The van der Waals surface area contributed by atoms with Gasteiger partial charge in [0.05, 0.1) is 35.1 Å². The van der Waals surface area contributed by atoms with Crippen LogP contribution >= 0.6 is 11.3 Å². The Morgan fingerprint density at radius 2 is 1.96 bits per heavy atom. The molecule has 6 nitrogen and oxygen atoms in total. The summed E-state index contributed by atoms with van der Waals surface area (Å²) in [5.74, 6) is -0.547.